The normalized spacial score (nSPS) is 20.3. The summed E-state index contributed by atoms with van der Waals surface area (Å²) in [6, 6.07) is 0. The Kier molecular flexibility index (Phi) is 4.71. The minimum atomic E-state index is -1.09. The van der Waals surface area contributed by atoms with Crippen molar-refractivity contribution in [3.05, 3.63) is 30.5 Å². The smallest absolute Gasteiger partial charge is 0.273 e. The number of carbonyl (C=O) groups is 2. The second-order valence-electron chi connectivity index (χ2n) is 6.71. The third-order valence-electron chi connectivity index (χ3n) is 4.74. The van der Waals surface area contributed by atoms with Gasteiger partial charge < -0.3 is 19.7 Å². The first-order chi connectivity index (χ1) is 11.5. The molecule has 0 spiro atoms. The number of aromatic nitrogens is 1. The first-order valence-electron chi connectivity index (χ1n) is 8.38. The minimum Gasteiger partial charge on any atom is -0.448 e. The third-order valence-corrected chi connectivity index (χ3v) is 4.74. The number of hydrogen-bond donors (Lipinski definition) is 2. The molecule has 1 saturated heterocycles. The molecule has 2 fully saturated rings. The van der Waals surface area contributed by atoms with Gasteiger partial charge in [-0.3, -0.25) is 9.59 Å². The lowest BCUT2D eigenvalue weighted by atomic mass is 9.89. The summed E-state index contributed by atoms with van der Waals surface area (Å²) >= 11 is 0. The zero-order valence-corrected chi connectivity index (χ0v) is 13.7. The second-order valence-corrected chi connectivity index (χ2v) is 6.71. The molecule has 1 saturated carbocycles. The van der Waals surface area contributed by atoms with Crippen molar-refractivity contribution >= 4 is 11.8 Å². The van der Waals surface area contributed by atoms with Gasteiger partial charge in [-0.05, 0) is 18.9 Å². The standard InChI is InChI=1S/C17H23N3O4/c1-2-14(21)20-10-17(23,11-20)9-18-15(22)13-8-24-16(19-13)12-6-4-3-5-7-12/h2,8,12,23H,1,3-7,9-11H2,(H,18,22). The van der Waals surface area contributed by atoms with E-state index in [1.165, 1.54) is 36.5 Å². The minimum absolute atomic E-state index is 0.0678. The van der Waals surface area contributed by atoms with Crippen molar-refractivity contribution in [1.82, 2.24) is 15.2 Å². The molecule has 2 aliphatic rings. The average molecular weight is 333 g/mol. The highest BCUT2D eigenvalue weighted by Gasteiger charge is 2.43. The number of nitrogens with zero attached hydrogens (tertiary/aromatic N) is 2. The second kappa shape index (κ2) is 6.76. The Balaban J connectivity index is 1.50. The number of hydrogen-bond acceptors (Lipinski definition) is 5. The van der Waals surface area contributed by atoms with Gasteiger partial charge in [-0.25, -0.2) is 4.98 Å². The van der Waals surface area contributed by atoms with Crippen molar-refractivity contribution in [2.45, 2.75) is 43.6 Å². The maximum Gasteiger partial charge on any atom is 0.273 e. The van der Waals surface area contributed by atoms with E-state index >= 15 is 0 Å². The molecule has 2 heterocycles. The molecular weight excluding hydrogens is 310 g/mol. The molecule has 2 N–H and O–H groups in total. The van der Waals surface area contributed by atoms with Crippen molar-refractivity contribution in [1.29, 1.82) is 0 Å². The van der Waals surface area contributed by atoms with Gasteiger partial charge in [-0.1, -0.05) is 25.8 Å². The van der Waals surface area contributed by atoms with Crippen molar-refractivity contribution in [3.8, 4) is 0 Å². The molecule has 130 valence electrons. The van der Waals surface area contributed by atoms with Crippen molar-refractivity contribution in [3.63, 3.8) is 0 Å². The van der Waals surface area contributed by atoms with Crippen LogP contribution in [-0.4, -0.2) is 52.0 Å². The predicted molar refractivity (Wildman–Crippen MR) is 86.4 cm³/mol. The predicted octanol–water partition coefficient (Wildman–Crippen LogP) is 1.21. The molecule has 1 aromatic rings. The fourth-order valence-electron chi connectivity index (χ4n) is 3.33. The maximum atomic E-state index is 12.2. The number of aliphatic hydroxyl groups is 1. The van der Waals surface area contributed by atoms with Gasteiger partial charge >= 0.3 is 0 Å². The van der Waals surface area contributed by atoms with Crippen molar-refractivity contribution in [2.24, 2.45) is 0 Å². The third kappa shape index (κ3) is 3.51. The molecule has 2 amide bonds. The van der Waals surface area contributed by atoms with E-state index in [1.54, 1.807) is 0 Å². The van der Waals surface area contributed by atoms with E-state index in [0.717, 1.165) is 12.8 Å². The molecule has 24 heavy (non-hydrogen) atoms. The van der Waals surface area contributed by atoms with E-state index in [0.29, 0.717) is 11.8 Å². The van der Waals surface area contributed by atoms with Crippen LogP contribution in [0.25, 0.3) is 0 Å². The van der Waals surface area contributed by atoms with Crippen LogP contribution < -0.4 is 5.32 Å². The Morgan fingerprint density at radius 2 is 2.12 bits per heavy atom. The van der Waals surface area contributed by atoms with Gasteiger partial charge in [0, 0.05) is 5.92 Å². The lowest BCUT2D eigenvalue weighted by Gasteiger charge is -2.45. The summed E-state index contributed by atoms with van der Waals surface area (Å²) in [4.78, 5) is 29.3. The molecule has 0 atom stereocenters. The highest BCUT2D eigenvalue weighted by molar-refractivity contribution is 5.92. The van der Waals surface area contributed by atoms with E-state index in [-0.39, 0.29) is 37.1 Å². The maximum absolute atomic E-state index is 12.2. The largest absolute Gasteiger partial charge is 0.448 e. The first-order valence-corrected chi connectivity index (χ1v) is 8.38. The van der Waals surface area contributed by atoms with Gasteiger partial charge in [0.25, 0.3) is 5.91 Å². The number of amides is 2. The Morgan fingerprint density at radius 1 is 1.42 bits per heavy atom. The van der Waals surface area contributed by atoms with Gasteiger partial charge in [-0.2, -0.15) is 0 Å². The highest BCUT2D eigenvalue weighted by atomic mass is 16.3. The first kappa shape index (κ1) is 16.7. The lowest BCUT2D eigenvalue weighted by molar-refractivity contribution is -0.148. The van der Waals surface area contributed by atoms with Crippen LogP contribution in [0.15, 0.2) is 23.3 Å². The van der Waals surface area contributed by atoms with Crippen LogP contribution in [0.5, 0.6) is 0 Å². The summed E-state index contributed by atoms with van der Waals surface area (Å²) in [6.07, 6.45) is 8.26. The van der Waals surface area contributed by atoms with Gasteiger partial charge in [0.15, 0.2) is 11.6 Å². The van der Waals surface area contributed by atoms with Crippen LogP contribution in [0.1, 0.15) is 54.4 Å². The van der Waals surface area contributed by atoms with E-state index in [2.05, 4.69) is 16.9 Å². The average Bonchev–Trinajstić information content (AvgIpc) is 3.07. The number of likely N-dealkylation sites (tertiary alicyclic amines) is 1. The van der Waals surface area contributed by atoms with Gasteiger partial charge in [0.2, 0.25) is 5.91 Å². The Hall–Kier alpha value is -2.15. The van der Waals surface area contributed by atoms with E-state index in [1.807, 2.05) is 0 Å². The Bertz CT molecular complexity index is 628. The summed E-state index contributed by atoms with van der Waals surface area (Å²) in [6.45, 7) is 3.84. The van der Waals surface area contributed by atoms with Crippen LogP contribution >= 0.6 is 0 Å². The number of oxazole rings is 1. The Labute approximate surface area is 140 Å². The van der Waals surface area contributed by atoms with E-state index < -0.39 is 5.60 Å². The molecule has 7 heteroatoms. The van der Waals surface area contributed by atoms with Gasteiger partial charge in [-0.15, -0.1) is 0 Å². The summed E-state index contributed by atoms with van der Waals surface area (Å²) < 4.78 is 5.46. The van der Waals surface area contributed by atoms with Crippen LogP contribution in [-0.2, 0) is 4.79 Å². The van der Waals surface area contributed by atoms with Crippen molar-refractivity contribution < 1.29 is 19.1 Å². The SMILES string of the molecule is C=CC(=O)N1CC(O)(CNC(=O)c2coc(C3CCCCC3)n2)C1. The molecular formula is C17H23N3O4. The number of nitrogens with one attached hydrogen (secondary N) is 1. The molecule has 0 radical (unpaired) electrons. The Morgan fingerprint density at radius 3 is 2.79 bits per heavy atom. The summed E-state index contributed by atoms with van der Waals surface area (Å²) in [7, 11) is 0. The zero-order valence-electron chi connectivity index (χ0n) is 13.7. The zero-order chi connectivity index (χ0) is 17.2. The number of β-amino-alcohol motifs (C(OH)–C–C–N with tert-alkyl or cyclic N) is 1. The summed E-state index contributed by atoms with van der Waals surface area (Å²) in [5.41, 5.74) is -0.859. The lowest BCUT2D eigenvalue weighted by Crippen LogP contribution is -2.67. The van der Waals surface area contributed by atoms with E-state index in [4.69, 9.17) is 4.42 Å². The highest BCUT2D eigenvalue weighted by Crippen LogP contribution is 2.32. The number of carbonyl (C=O) groups excluding carboxylic acids is 2. The summed E-state index contributed by atoms with van der Waals surface area (Å²) in [5.74, 6) is 0.335. The van der Waals surface area contributed by atoms with Crippen LogP contribution in [0, 0.1) is 0 Å². The van der Waals surface area contributed by atoms with E-state index in [9.17, 15) is 14.7 Å². The number of rotatable bonds is 5. The van der Waals surface area contributed by atoms with Gasteiger partial charge in [0.1, 0.15) is 11.9 Å². The fourth-order valence-corrected chi connectivity index (χ4v) is 3.33. The van der Waals surface area contributed by atoms with Gasteiger partial charge in [0.05, 0.1) is 19.6 Å². The van der Waals surface area contributed by atoms with Crippen LogP contribution in [0.3, 0.4) is 0 Å². The fraction of sp³-hybridized carbons (Fsp3) is 0.588. The van der Waals surface area contributed by atoms with Crippen LogP contribution in [0.4, 0.5) is 0 Å². The topological polar surface area (TPSA) is 95.7 Å². The quantitative estimate of drug-likeness (QED) is 0.790. The molecule has 3 rings (SSSR count). The molecule has 1 aliphatic carbocycles. The summed E-state index contributed by atoms with van der Waals surface area (Å²) in [5, 5.41) is 12.9. The van der Waals surface area contributed by atoms with Crippen LogP contribution in [0.2, 0.25) is 0 Å². The molecule has 7 nitrogen and oxygen atoms in total. The van der Waals surface area contributed by atoms with Crippen molar-refractivity contribution in [2.75, 3.05) is 19.6 Å². The molecule has 0 unspecified atom stereocenters. The molecule has 1 aromatic heterocycles. The molecule has 1 aliphatic heterocycles. The molecule has 0 aromatic carbocycles. The molecule has 0 bridgehead atoms. The monoisotopic (exact) mass is 333 g/mol.